The number of para-hydroxylation sites is 1. The predicted octanol–water partition coefficient (Wildman–Crippen LogP) is 2.31. The van der Waals surface area contributed by atoms with Gasteiger partial charge in [-0.25, -0.2) is 18.9 Å². The number of benzene rings is 1. The highest BCUT2D eigenvalue weighted by molar-refractivity contribution is 7.93. The predicted molar refractivity (Wildman–Crippen MR) is 119 cm³/mol. The van der Waals surface area contributed by atoms with Crippen molar-refractivity contribution in [3.63, 3.8) is 0 Å². The van der Waals surface area contributed by atoms with Crippen molar-refractivity contribution in [3.8, 4) is 28.7 Å². The van der Waals surface area contributed by atoms with Crippen molar-refractivity contribution >= 4 is 17.3 Å². The number of nitrogens with zero attached hydrogens (tertiary/aromatic N) is 6. The van der Waals surface area contributed by atoms with Gasteiger partial charge in [0.2, 0.25) is 0 Å². The molecule has 172 valence electrons. The van der Waals surface area contributed by atoms with Gasteiger partial charge in [0.25, 0.3) is 5.95 Å². The van der Waals surface area contributed by atoms with E-state index in [9.17, 15) is 8.94 Å². The summed E-state index contributed by atoms with van der Waals surface area (Å²) >= 11 is -1.61. The lowest BCUT2D eigenvalue weighted by molar-refractivity contribution is 0.391. The summed E-state index contributed by atoms with van der Waals surface area (Å²) in [5.41, 5.74) is 1.03. The van der Waals surface area contributed by atoms with Gasteiger partial charge in [0, 0.05) is 6.20 Å². The summed E-state index contributed by atoms with van der Waals surface area (Å²) in [6.45, 7) is 1.76. The molecule has 0 saturated carbocycles. The highest BCUT2D eigenvalue weighted by atomic mass is 32.2. The molecule has 0 radical (unpaired) electrons. The number of halogens is 1. The topological polar surface area (TPSA) is 139 Å². The van der Waals surface area contributed by atoms with E-state index in [0.717, 1.165) is 12.4 Å². The van der Waals surface area contributed by atoms with Gasteiger partial charge in [-0.15, -0.1) is 10.2 Å². The fraction of sp³-hybridized carbons (Fsp3) is 0.250. The van der Waals surface area contributed by atoms with Gasteiger partial charge in [0.1, 0.15) is 34.0 Å². The monoisotopic (exact) mass is 472 g/mol. The fourth-order valence-electron chi connectivity index (χ4n) is 3.13. The van der Waals surface area contributed by atoms with Crippen LogP contribution in [0.1, 0.15) is 12.7 Å². The Balaban J connectivity index is 1.70. The number of hydrogen-bond donors (Lipinski definition) is 2. The van der Waals surface area contributed by atoms with Gasteiger partial charge < -0.3 is 14.0 Å². The molecule has 0 aliphatic rings. The van der Waals surface area contributed by atoms with Crippen LogP contribution in [0.3, 0.4) is 0 Å². The van der Waals surface area contributed by atoms with Crippen LogP contribution < -0.4 is 14.2 Å². The third kappa shape index (κ3) is 4.73. The van der Waals surface area contributed by atoms with Crippen LogP contribution in [0.2, 0.25) is 0 Å². The number of aromatic amines is 1. The van der Waals surface area contributed by atoms with Crippen LogP contribution in [0.15, 0.2) is 42.9 Å². The molecule has 4 rings (SSSR count). The van der Waals surface area contributed by atoms with Crippen LogP contribution >= 0.6 is 0 Å². The molecule has 0 aliphatic heterocycles. The van der Waals surface area contributed by atoms with Crippen molar-refractivity contribution in [1.82, 2.24) is 34.9 Å². The molecule has 0 aliphatic carbocycles. The third-order valence-electron chi connectivity index (χ3n) is 4.72. The van der Waals surface area contributed by atoms with E-state index in [2.05, 4.69) is 35.1 Å². The lowest BCUT2D eigenvalue weighted by atomic mass is 10.2. The Morgan fingerprint density at radius 2 is 1.85 bits per heavy atom. The zero-order chi connectivity index (χ0) is 23.4. The Kier molecular flexibility index (Phi) is 6.70. The summed E-state index contributed by atoms with van der Waals surface area (Å²) in [7, 11) is 3.07. The van der Waals surface area contributed by atoms with E-state index >= 15 is 0 Å². The second-order valence-corrected chi connectivity index (χ2v) is 8.49. The average Bonchev–Trinajstić information content (AvgIpc) is 3.50. The SMILES string of the molecule is COc1cccc(OC)c1-n1c(N[S+]([O-])C(C)Cc2ncc(F)cn2)nnc1-c1cc[nH]n1. The molecule has 2 unspecified atom stereocenters. The summed E-state index contributed by atoms with van der Waals surface area (Å²) < 4.78 is 41.8. The Bertz CT molecular complexity index is 1180. The van der Waals surface area contributed by atoms with Gasteiger partial charge in [-0.2, -0.15) is 9.82 Å². The maximum absolute atomic E-state index is 13.1. The largest absolute Gasteiger partial charge is 0.593 e. The quantitative estimate of drug-likeness (QED) is 0.351. The van der Waals surface area contributed by atoms with Crippen LogP contribution in [0, 0.1) is 5.82 Å². The van der Waals surface area contributed by atoms with Crippen LogP contribution in [-0.2, 0) is 17.8 Å². The lowest BCUT2D eigenvalue weighted by Crippen LogP contribution is -2.29. The van der Waals surface area contributed by atoms with Crippen LogP contribution in [0.5, 0.6) is 11.5 Å². The zero-order valence-corrected chi connectivity index (χ0v) is 18.8. The number of rotatable bonds is 9. The average molecular weight is 473 g/mol. The molecule has 3 heterocycles. The standard InChI is InChI=1S/C20H21FN8O3S/c1-12(9-17-22-10-13(21)11-23-17)33(30)28-20-27-26-19(14-7-8-24-25-14)29(20)18-15(31-2)5-4-6-16(18)32-3/h4-8,10-12H,9H2,1-3H3,(H,24,25)(H,27,28). The Morgan fingerprint density at radius 1 is 1.15 bits per heavy atom. The minimum absolute atomic E-state index is 0.195. The molecule has 0 bridgehead atoms. The van der Waals surface area contributed by atoms with E-state index < -0.39 is 22.4 Å². The van der Waals surface area contributed by atoms with Crippen LogP contribution in [0.4, 0.5) is 10.3 Å². The van der Waals surface area contributed by atoms with Gasteiger partial charge in [-0.1, -0.05) is 6.07 Å². The minimum atomic E-state index is -1.61. The highest BCUT2D eigenvalue weighted by Gasteiger charge is 2.28. The number of anilines is 1. The number of ether oxygens (including phenoxy) is 2. The first-order chi connectivity index (χ1) is 16.0. The first kappa shape index (κ1) is 22.5. The van der Waals surface area contributed by atoms with Crippen molar-refractivity contribution in [2.75, 3.05) is 18.9 Å². The molecule has 0 amide bonds. The smallest absolute Gasteiger partial charge is 0.271 e. The van der Waals surface area contributed by atoms with Gasteiger partial charge in [-0.3, -0.25) is 5.10 Å². The molecule has 4 aromatic rings. The van der Waals surface area contributed by atoms with Crippen LogP contribution in [0.25, 0.3) is 17.2 Å². The van der Waals surface area contributed by atoms with Crippen molar-refractivity contribution in [2.24, 2.45) is 0 Å². The molecular weight excluding hydrogens is 451 g/mol. The van der Waals surface area contributed by atoms with Gasteiger partial charge in [0.05, 0.1) is 44.4 Å². The highest BCUT2D eigenvalue weighted by Crippen LogP contribution is 2.37. The second-order valence-electron chi connectivity index (χ2n) is 6.88. The molecule has 33 heavy (non-hydrogen) atoms. The minimum Gasteiger partial charge on any atom is -0.593 e. The molecule has 1 aromatic carbocycles. The van der Waals surface area contributed by atoms with E-state index in [4.69, 9.17) is 9.47 Å². The van der Waals surface area contributed by atoms with Crippen molar-refractivity contribution in [3.05, 3.63) is 54.5 Å². The van der Waals surface area contributed by atoms with E-state index in [1.165, 1.54) is 14.2 Å². The second kappa shape index (κ2) is 9.83. The Hall–Kier alpha value is -3.71. The summed E-state index contributed by atoms with van der Waals surface area (Å²) in [5.74, 6) is 1.41. The van der Waals surface area contributed by atoms with Gasteiger partial charge in [-0.05, 0) is 25.1 Å². The molecule has 0 spiro atoms. The molecule has 3 aromatic heterocycles. The summed E-state index contributed by atoms with van der Waals surface area (Å²) in [5, 5.41) is 15.0. The summed E-state index contributed by atoms with van der Waals surface area (Å²) in [6, 6.07) is 7.05. The van der Waals surface area contributed by atoms with Crippen molar-refractivity contribution in [1.29, 1.82) is 0 Å². The summed E-state index contributed by atoms with van der Waals surface area (Å²) in [6.07, 6.45) is 4.07. The fourth-order valence-corrected chi connectivity index (χ4v) is 3.95. The maximum Gasteiger partial charge on any atom is 0.271 e. The number of hydrogen-bond acceptors (Lipinski definition) is 9. The first-order valence-electron chi connectivity index (χ1n) is 9.82. The number of methoxy groups -OCH3 is 2. The van der Waals surface area contributed by atoms with E-state index in [1.54, 1.807) is 42.0 Å². The van der Waals surface area contributed by atoms with Crippen molar-refractivity contribution < 1.29 is 18.4 Å². The van der Waals surface area contributed by atoms with E-state index in [-0.39, 0.29) is 12.4 Å². The maximum atomic E-state index is 13.1. The molecule has 0 fully saturated rings. The van der Waals surface area contributed by atoms with E-state index in [0.29, 0.717) is 34.5 Å². The number of aromatic nitrogens is 7. The van der Waals surface area contributed by atoms with E-state index in [1.807, 2.05) is 0 Å². The molecule has 2 N–H and O–H groups in total. The van der Waals surface area contributed by atoms with Crippen molar-refractivity contribution in [2.45, 2.75) is 18.6 Å². The zero-order valence-electron chi connectivity index (χ0n) is 18.0. The normalized spacial score (nSPS) is 12.9. The number of nitrogens with one attached hydrogen (secondary N) is 2. The molecule has 2 atom stereocenters. The van der Waals surface area contributed by atoms with Crippen LogP contribution in [-0.4, -0.2) is 59.0 Å². The first-order valence-corrected chi connectivity index (χ1v) is 11.0. The Morgan fingerprint density at radius 3 is 2.45 bits per heavy atom. The van der Waals surface area contributed by atoms with Gasteiger partial charge in [0.15, 0.2) is 11.6 Å². The molecule has 0 saturated heterocycles. The van der Waals surface area contributed by atoms with Gasteiger partial charge >= 0.3 is 0 Å². The number of H-pyrrole nitrogens is 1. The Labute approximate surface area is 191 Å². The summed E-state index contributed by atoms with van der Waals surface area (Å²) in [4.78, 5) is 7.86. The lowest BCUT2D eigenvalue weighted by Gasteiger charge is -2.20. The molecule has 13 heteroatoms. The third-order valence-corrected chi connectivity index (χ3v) is 6.00. The molecule has 11 nitrogen and oxygen atoms in total. The molecular formula is C20H21FN8O3S.